The minimum Gasteiger partial charge on any atom is -0.292 e. The Hall–Kier alpha value is -2.62. The molecule has 2 heterocycles. The van der Waals surface area contributed by atoms with E-state index in [1.165, 1.54) is 11.0 Å². The molecule has 2 aromatic heterocycles. The van der Waals surface area contributed by atoms with Gasteiger partial charge in [0, 0.05) is 0 Å². The number of rotatable bonds is 6. The van der Waals surface area contributed by atoms with E-state index in [1.54, 1.807) is 11.6 Å². The molecule has 0 bridgehead atoms. The van der Waals surface area contributed by atoms with Gasteiger partial charge in [-0.25, -0.2) is 18.4 Å². The maximum atomic E-state index is 12.9. The minimum absolute atomic E-state index is 0.142. The Balaban J connectivity index is 1.63. The maximum absolute atomic E-state index is 12.9. The fourth-order valence-corrected chi connectivity index (χ4v) is 2.80. The summed E-state index contributed by atoms with van der Waals surface area (Å²) in [5, 5.41) is 10.5. The van der Waals surface area contributed by atoms with Gasteiger partial charge in [-0.2, -0.15) is 5.10 Å². The Morgan fingerprint density at radius 2 is 2.00 bits per heavy atom. The number of carbonyl (C=O) groups excluding carboxylic acids is 1. The number of amides is 1. The molecule has 0 aliphatic rings. The largest absolute Gasteiger partial charge is 0.292 e. The second-order valence-corrected chi connectivity index (χ2v) is 6.34. The van der Waals surface area contributed by atoms with Crippen LogP contribution in [-0.2, 0) is 17.9 Å². The molecule has 0 saturated heterocycles. The summed E-state index contributed by atoms with van der Waals surface area (Å²) < 4.78 is 28.7. The zero-order chi connectivity index (χ0) is 18.7. The maximum Gasteiger partial charge on any atom is 0.283 e. The fraction of sp³-hybridized carbons (Fsp3) is 0.250. The number of hydrogen-bond donors (Lipinski definition) is 1. The number of nitrogens with one attached hydrogen (secondary N) is 1. The molecular weight excluding hydrogens is 410 g/mol. The van der Waals surface area contributed by atoms with Gasteiger partial charge in [-0.3, -0.25) is 14.8 Å². The first-order valence-corrected chi connectivity index (χ1v) is 8.47. The van der Waals surface area contributed by atoms with Crippen molar-refractivity contribution in [3.05, 3.63) is 58.1 Å². The Labute approximate surface area is 156 Å². The molecule has 1 N–H and O–H groups in total. The van der Waals surface area contributed by atoms with Crippen molar-refractivity contribution in [1.82, 2.24) is 24.5 Å². The molecule has 0 aliphatic carbocycles. The van der Waals surface area contributed by atoms with Gasteiger partial charge < -0.3 is 0 Å². The van der Waals surface area contributed by atoms with Crippen LogP contribution in [0.4, 0.5) is 14.7 Å². The molecule has 0 radical (unpaired) electrons. The lowest BCUT2D eigenvalue weighted by Crippen LogP contribution is -2.21. The van der Waals surface area contributed by atoms with Crippen molar-refractivity contribution in [3.8, 4) is 0 Å². The predicted molar refractivity (Wildman–Crippen MR) is 93.8 cm³/mol. The second kappa shape index (κ2) is 7.73. The Morgan fingerprint density at radius 1 is 1.27 bits per heavy atom. The average molecular weight is 425 g/mol. The summed E-state index contributed by atoms with van der Waals surface area (Å²) in [5.74, 6) is -0.315. The van der Waals surface area contributed by atoms with Crippen LogP contribution in [-0.4, -0.2) is 30.5 Å². The van der Waals surface area contributed by atoms with E-state index < -0.39 is 12.3 Å². The lowest BCUT2D eigenvalue weighted by atomic mass is 10.2. The number of anilines is 1. The Morgan fingerprint density at radius 3 is 2.65 bits per heavy atom. The predicted octanol–water partition coefficient (Wildman–Crippen LogP) is 3.17. The van der Waals surface area contributed by atoms with Crippen LogP contribution in [0.1, 0.15) is 23.4 Å². The van der Waals surface area contributed by atoms with E-state index in [4.69, 9.17) is 0 Å². The smallest absolute Gasteiger partial charge is 0.283 e. The molecule has 1 amide bonds. The van der Waals surface area contributed by atoms with Crippen LogP contribution < -0.4 is 5.32 Å². The summed E-state index contributed by atoms with van der Waals surface area (Å²) in [4.78, 5) is 16.2. The summed E-state index contributed by atoms with van der Waals surface area (Å²) in [7, 11) is 0. The molecule has 7 nitrogen and oxygen atoms in total. The van der Waals surface area contributed by atoms with Crippen LogP contribution in [0.25, 0.3) is 0 Å². The van der Waals surface area contributed by atoms with E-state index in [2.05, 4.69) is 36.4 Å². The molecule has 1 aromatic carbocycles. The number of halogens is 3. The second-order valence-electron chi connectivity index (χ2n) is 5.54. The molecule has 3 aromatic rings. The van der Waals surface area contributed by atoms with E-state index in [0.29, 0.717) is 12.2 Å². The van der Waals surface area contributed by atoms with Gasteiger partial charge in [0.1, 0.15) is 18.6 Å². The zero-order valence-corrected chi connectivity index (χ0v) is 15.3. The van der Waals surface area contributed by atoms with Gasteiger partial charge in [-0.15, -0.1) is 5.10 Å². The SMILES string of the molecule is Cc1c(Br)c(C(F)F)nn1CC(=O)Nc1ncn(Cc2ccccc2)n1. The van der Waals surface area contributed by atoms with Gasteiger partial charge in [0.25, 0.3) is 6.43 Å². The van der Waals surface area contributed by atoms with Crippen LogP contribution in [0.2, 0.25) is 0 Å². The first-order valence-electron chi connectivity index (χ1n) is 7.68. The van der Waals surface area contributed by atoms with Crippen LogP contribution >= 0.6 is 15.9 Å². The highest BCUT2D eigenvalue weighted by Gasteiger charge is 2.21. The third-order valence-corrected chi connectivity index (χ3v) is 4.61. The van der Waals surface area contributed by atoms with E-state index >= 15 is 0 Å². The highest BCUT2D eigenvalue weighted by atomic mass is 79.9. The van der Waals surface area contributed by atoms with Gasteiger partial charge in [0.05, 0.1) is 16.7 Å². The topological polar surface area (TPSA) is 77.6 Å². The Bertz CT molecular complexity index is 909. The van der Waals surface area contributed by atoms with Crippen molar-refractivity contribution in [3.63, 3.8) is 0 Å². The van der Waals surface area contributed by atoms with Gasteiger partial charge in [-0.1, -0.05) is 30.3 Å². The van der Waals surface area contributed by atoms with Crippen molar-refractivity contribution in [2.45, 2.75) is 26.4 Å². The highest BCUT2D eigenvalue weighted by Crippen LogP contribution is 2.28. The van der Waals surface area contributed by atoms with Crippen LogP contribution in [0.3, 0.4) is 0 Å². The van der Waals surface area contributed by atoms with E-state index in [1.807, 2.05) is 30.3 Å². The van der Waals surface area contributed by atoms with Crippen LogP contribution in [0, 0.1) is 6.92 Å². The molecule has 10 heteroatoms. The van der Waals surface area contributed by atoms with Crippen molar-refractivity contribution in [2.75, 3.05) is 5.32 Å². The third kappa shape index (κ3) is 4.13. The number of nitrogens with zero attached hydrogens (tertiary/aromatic N) is 5. The van der Waals surface area contributed by atoms with Gasteiger partial charge in [0.2, 0.25) is 11.9 Å². The molecule has 26 heavy (non-hydrogen) atoms. The van der Waals surface area contributed by atoms with Crippen molar-refractivity contribution < 1.29 is 13.6 Å². The van der Waals surface area contributed by atoms with E-state index in [9.17, 15) is 13.6 Å². The summed E-state index contributed by atoms with van der Waals surface area (Å²) >= 11 is 3.07. The van der Waals surface area contributed by atoms with Crippen molar-refractivity contribution in [2.24, 2.45) is 0 Å². The summed E-state index contributed by atoms with van der Waals surface area (Å²) in [6.45, 7) is 1.90. The van der Waals surface area contributed by atoms with Crippen LogP contribution in [0.5, 0.6) is 0 Å². The van der Waals surface area contributed by atoms with Crippen LogP contribution in [0.15, 0.2) is 41.1 Å². The van der Waals surface area contributed by atoms with E-state index in [0.717, 1.165) is 5.56 Å². The number of benzene rings is 1. The average Bonchev–Trinajstić information content (AvgIpc) is 3.15. The summed E-state index contributed by atoms with van der Waals surface area (Å²) in [6.07, 6.45) is -1.21. The lowest BCUT2D eigenvalue weighted by Gasteiger charge is -2.04. The standard InChI is InChI=1S/C16H15BrF2N6O/c1-10-13(17)14(15(18)19)22-25(10)8-12(26)21-16-20-9-24(23-16)7-11-5-3-2-4-6-11/h2-6,9,15H,7-8H2,1H3,(H,21,23,26). The number of aromatic nitrogens is 5. The van der Waals surface area contributed by atoms with Gasteiger partial charge in [0.15, 0.2) is 0 Å². The molecule has 0 atom stereocenters. The molecular formula is C16H15BrF2N6O. The fourth-order valence-electron chi connectivity index (χ4n) is 2.34. The van der Waals surface area contributed by atoms with Gasteiger partial charge >= 0.3 is 0 Å². The van der Waals surface area contributed by atoms with Gasteiger partial charge in [-0.05, 0) is 28.4 Å². The quantitative estimate of drug-likeness (QED) is 0.658. The Kier molecular flexibility index (Phi) is 5.40. The third-order valence-electron chi connectivity index (χ3n) is 3.63. The van der Waals surface area contributed by atoms with E-state index in [-0.39, 0.29) is 22.7 Å². The van der Waals surface area contributed by atoms with Crippen molar-refractivity contribution >= 4 is 27.8 Å². The normalized spacial score (nSPS) is 11.1. The molecule has 0 saturated carbocycles. The number of hydrogen-bond acceptors (Lipinski definition) is 4. The minimum atomic E-state index is -2.72. The monoisotopic (exact) mass is 424 g/mol. The first-order chi connectivity index (χ1) is 12.4. The summed E-state index contributed by atoms with van der Waals surface area (Å²) in [5.41, 5.74) is 1.10. The number of alkyl halides is 2. The zero-order valence-electron chi connectivity index (χ0n) is 13.7. The molecule has 0 fully saturated rings. The molecule has 0 unspecified atom stereocenters. The van der Waals surface area contributed by atoms with Crippen molar-refractivity contribution in [1.29, 1.82) is 0 Å². The molecule has 136 valence electrons. The first kappa shape index (κ1) is 18.2. The molecule has 0 spiro atoms. The molecule has 3 rings (SSSR count). The molecule has 0 aliphatic heterocycles. The summed E-state index contributed by atoms with van der Waals surface area (Å²) in [6, 6.07) is 9.68. The number of carbonyl (C=O) groups is 1. The highest BCUT2D eigenvalue weighted by molar-refractivity contribution is 9.10. The lowest BCUT2D eigenvalue weighted by molar-refractivity contribution is -0.117.